The van der Waals surface area contributed by atoms with Gasteiger partial charge in [0.05, 0.1) is 5.02 Å². The van der Waals surface area contributed by atoms with Gasteiger partial charge in [-0.2, -0.15) is 0 Å². The van der Waals surface area contributed by atoms with Crippen LogP contribution in [-0.2, 0) is 0 Å². The van der Waals surface area contributed by atoms with E-state index in [-0.39, 0.29) is 10.6 Å². The van der Waals surface area contributed by atoms with Crippen LogP contribution in [0.1, 0.15) is 24.9 Å². The molecule has 0 amide bonds. The molecule has 15 heavy (non-hydrogen) atoms. The second-order valence-electron chi connectivity index (χ2n) is 3.52. The van der Waals surface area contributed by atoms with Crippen LogP contribution in [0.4, 0.5) is 4.39 Å². The summed E-state index contributed by atoms with van der Waals surface area (Å²) in [5.41, 5.74) is 6.95. The average molecular weight is 248 g/mol. The second kappa shape index (κ2) is 4.97. The van der Waals surface area contributed by atoms with Gasteiger partial charge in [0.1, 0.15) is 5.82 Å². The van der Waals surface area contributed by atoms with E-state index in [1.54, 1.807) is 6.07 Å². The van der Waals surface area contributed by atoms with Crippen LogP contribution in [-0.4, -0.2) is 0 Å². The molecule has 0 fully saturated rings. The second-order valence-corrected chi connectivity index (χ2v) is 4.34. The lowest BCUT2D eigenvalue weighted by atomic mass is 10.0. The van der Waals surface area contributed by atoms with E-state index in [1.165, 1.54) is 6.07 Å². The fourth-order valence-corrected chi connectivity index (χ4v) is 1.81. The zero-order valence-corrected chi connectivity index (χ0v) is 9.87. The number of benzene rings is 1. The summed E-state index contributed by atoms with van der Waals surface area (Å²) in [5.74, 6) is -0.544. The van der Waals surface area contributed by atoms with Crippen molar-refractivity contribution >= 4 is 23.2 Å². The summed E-state index contributed by atoms with van der Waals surface area (Å²) in [6.45, 7) is 5.55. The molecule has 1 atom stereocenters. The van der Waals surface area contributed by atoms with Gasteiger partial charge in [0.25, 0.3) is 0 Å². The fourth-order valence-electron chi connectivity index (χ4n) is 1.36. The molecule has 0 bridgehead atoms. The zero-order valence-electron chi connectivity index (χ0n) is 8.36. The summed E-state index contributed by atoms with van der Waals surface area (Å²) in [6, 6.07) is 2.45. The van der Waals surface area contributed by atoms with Crippen LogP contribution in [0.15, 0.2) is 24.3 Å². The number of nitrogens with two attached hydrogens (primary N) is 1. The van der Waals surface area contributed by atoms with Crippen molar-refractivity contribution in [2.45, 2.75) is 19.4 Å². The van der Waals surface area contributed by atoms with Crippen LogP contribution in [0.3, 0.4) is 0 Å². The Kier molecular flexibility index (Phi) is 4.14. The van der Waals surface area contributed by atoms with Crippen LogP contribution < -0.4 is 5.73 Å². The summed E-state index contributed by atoms with van der Waals surface area (Å²) in [5, 5.41) is 0.331. The quantitative estimate of drug-likeness (QED) is 0.632. The molecule has 1 aromatic rings. The van der Waals surface area contributed by atoms with Crippen LogP contribution in [0, 0.1) is 5.82 Å². The van der Waals surface area contributed by atoms with Gasteiger partial charge in [-0.05, 0) is 25.5 Å². The normalized spacial score (nSPS) is 12.6. The van der Waals surface area contributed by atoms with Crippen molar-refractivity contribution in [2.24, 2.45) is 5.73 Å². The van der Waals surface area contributed by atoms with E-state index in [1.807, 2.05) is 6.92 Å². The highest BCUT2D eigenvalue weighted by molar-refractivity contribution is 6.33. The highest BCUT2D eigenvalue weighted by Gasteiger charge is 2.17. The van der Waals surface area contributed by atoms with E-state index in [0.717, 1.165) is 5.57 Å². The number of halogens is 3. The van der Waals surface area contributed by atoms with Crippen molar-refractivity contribution in [3.05, 3.63) is 45.7 Å². The van der Waals surface area contributed by atoms with Gasteiger partial charge >= 0.3 is 0 Å². The van der Waals surface area contributed by atoms with Gasteiger partial charge in [0.15, 0.2) is 0 Å². The third-order valence-electron chi connectivity index (χ3n) is 2.02. The molecular formula is C11H12Cl2FN. The monoisotopic (exact) mass is 247 g/mol. The largest absolute Gasteiger partial charge is 0.324 e. The van der Waals surface area contributed by atoms with Crippen LogP contribution in [0.25, 0.3) is 0 Å². The SMILES string of the molecule is C=C(C)C[C@@H](N)c1c(Cl)ccc(Cl)c1F. The van der Waals surface area contributed by atoms with Crippen LogP contribution in [0.5, 0.6) is 0 Å². The smallest absolute Gasteiger partial charge is 0.148 e. The topological polar surface area (TPSA) is 26.0 Å². The Bertz CT molecular complexity index is 390. The molecule has 0 spiro atoms. The molecule has 0 saturated heterocycles. The third kappa shape index (κ3) is 2.94. The molecule has 0 unspecified atom stereocenters. The maximum atomic E-state index is 13.6. The first-order valence-corrected chi connectivity index (χ1v) is 5.22. The first-order chi connectivity index (χ1) is 6.93. The van der Waals surface area contributed by atoms with E-state index < -0.39 is 11.9 Å². The molecule has 1 nitrogen and oxygen atoms in total. The molecule has 2 N–H and O–H groups in total. The summed E-state index contributed by atoms with van der Waals surface area (Å²) in [6.07, 6.45) is 0.483. The highest BCUT2D eigenvalue weighted by atomic mass is 35.5. The van der Waals surface area contributed by atoms with Gasteiger partial charge in [-0.25, -0.2) is 4.39 Å². The molecule has 0 aliphatic carbocycles. The standard InChI is InChI=1S/C11H12Cl2FN/c1-6(2)5-9(15)10-7(12)3-4-8(13)11(10)14/h3-4,9H,1,5,15H2,2H3/t9-/m1/s1. The predicted molar refractivity (Wildman–Crippen MR) is 62.8 cm³/mol. The molecule has 4 heteroatoms. The fraction of sp³-hybridized carbons (Fsp3) is 0.273. The molecular weight excluding hydrogens is 236 g/mol. The van der Waals surface area contributed by atoms with Crippen molar-refractivity contribution in [2.75, 3.05) is 0 Å². The Morgan fingerprint density at radius 2 is 2.00 bits per heavy atom. The predicted octanol–water partition coefficient (Wildman–Crippen LogP) is 4.10. The van der Waals surface area contributed by atoms with Crippen molar-refractivity contribution in [1.82, 2.24) is 0 Å². The molecule has 0 heterocycles. The first-order valence-electron chi connectivity index (χ1n) is 4.46. The zero-order chi connectivity index (χ0) is 11.6. The van der Waals surface area contributed by atoms with Crippen LogP contribution in [0.2, 0.25) is 10.0 Å². The van der Waals surface area contributed by atoms with Gasteiger partial charge < -0.3 is 5.73 Å². The van der Waals surface area contributed by atoms with Crippen molar-refractivity contribution in [1.29, 1.82) is 0 Å². The summed E-state index contributed by atoms with van der Waals surface area (Å²) < 4.78 is 13.6. The molecule has 0 aliphatic rings. The molecule has 1 rings (SSSR count). The van der Waals surface area contributed by atoms with Crippen LogP contribution >= 0.6 is 23.2 Å². The maximum absolute atomic E-state index is 13.6. The van der Waals surface area contributed by atoms with Crippen molar-refractivity contribution < 1.29 is 4.39 Å². The number of hydrogen-bond donors (Lipinski definition) is 1. The minimum Gasteiger partial charge on any atom is -0.324 e. The molecule has 0 aliphatic heterocycles. The molecule has 0 aromatic heterocycles. The van der Waals surface area contributed by atoms with E-state index in [9.17, 15) is 4.39 Å². The molecule has 0 radical (unpaired) electrons. The average Bonchev–Trinajstić information content (AvgIpc) is 2.11. The van der Waals surface area contributed by atoms with Crippen molar-refractivity contribution in [3.63, 3.8) is 0 Å². The summed E-state index contributed by atoms with van der Waals surface area (Å²) in [7, 11) is 0. The summed E-state index contributed by atoms with van der Waals surface area (Å²) in [4.78, 5) is 0. The Hall–Kier alpha value is -0.570. The van der Waals surface area contributed by atoms with Gasteiger partial charge in [-0.3, -0.25) is 0 Å². The van der Waals surface area contributed by atoms with E-state index in [0.29, 0.717) is 11.4 Å². The lowest BCUT2D eigenvalue weighted by Crippen LogP contribution is -2.13. The number of hydrogen-bond acceptors (Lipinski definition) is 1. The van der Waals surface area contributed by atoms with E-state index in [4.69, 9.17) is 28.9 Å². The minimum atomic E-state index is -0.544. The Morgan fingerprint density at radius 3 is 2.53 bits per heavy atom. The van der Waals surface area contributed by atoms with Crippen molar-refractivity contribution in [3.8, 4) is 0 Å². The van der Waals surface area contributed by atoms with Gasteiger partial charge in [-0.1, -0.05) is 28.8 Å². The Balaban J connectivity index is 3.12. The third-order valence-corrected chi connectivity index (χ3v) is 2.64. The highest BCUT2D eigenvalue weighted by Crippen LogP contribution is 2.31. The lowest BCUT2D eigenvalue weighted by molar-refractivity contribution is 0.580. The van der Waals surface area contributed by atoms with E-state index in [2.05, 4.69) is 6.58 Å². The van der Waals surface area contributed by atoms with E-state index >= 15 is 0 Å². The Labute approximate surface area is 98.7 Å². The Morgan fingerprint density at radius 1 is 1.47 bits per heavy atom. The molecule has 0 saturated carbocycles. The van der Waals surface area contributed by atoms with Gasteiger partial charge in [0, 0.05) is 16.6 Å². The molecule has 1 aromatic carbocycles. The molecule has 82 valence electrons. The number of rotatable bonds is 3. The van der Waals surface area contributed by atoms with Gasteiger partial charge in [0.2, 0.25) is 0 Å². The summed E-state index contributed by atoms with van der Waals surface area (Å²) >= 11 is 11.5. The first kappa shape index (κ1) is 12.5. The minimum absolute atomic E-state index is 0.0339. The lowest BCUT2D eigenvalue weighted by Gasteiger charge is -2.15. The van der Waals surface area contributed by atoms with Gasteiger partial charge in [-0.15, -0.1) is 6.58 Å². The maximum Gasteiger partial charge on any atom is 0.148 e.